The lowest BCUT2D eigenvalue weighted by atomic mass is 10.0. The SMILES string of the molecule is CNCP(=O)(OCC1CN(C)CC(C)O1)N1CC(C)OC(COP(=O)(N(C)C)N2CC(C)OC(COP(=O)(N(C)C)N3CCN(C(=O)CCC(=O)C(CCCN=C(N)N)NC(=O)C(CCCN=C(N)N)NC(=O)C(CCCN=C(N)N)NC(=O)C(CCCN=C(N)N)NC(=O)C(CCCN=C(N)N)NC(=O)C(CCCN=C(N)N)NC)CC3)C2)C1. The van der Waals surface area contributed by atoms with Crippen LogP contribution in [0.3, 0.4) is 0 Å². The van der Waals surface area contributed by atoms with Gasteiger partial charge in [-0.15, -0.1) is 0 Å². The molecule has 51 heteroatoms. The molecule has 15 atom stereocenters. The molecule has 4 aliphatic heterocycles. The number of hydrogen-bond donors (Lipinski definition) is 19. The normalized spacial score (nSPS) is 21.9. The first-order valence-corrected chi connectivity index (χ1v) is 45.4. The number of likely N-dealkylation sites (N-methyl/N-ethyl adjacent to an activating group) is 2. The van der Waals surface area contributed by atoms with Crippen molar-refractivity contribution < 1.29 is 75.0 Å². The van der Waals surface area contributed by atoms with Gasteiger partial charge in [-0.05, 0) is 147 Å². The molecule has 31 N–H and O–H groups in total. The van der Waals surface area contributed by atoms with Gasteiger partial charge in [0, 0.05) is 118 Å². The Hall–Kier alpha value is -7.76. The van der Waals surface area contributed by atoms with Gasteiger partial charge in [-0.1, -0.05) is 0 Å². The van der Waals surface area contributed by atoms with Gasteiger partial charge in [0.1, 0.15) is 24.2 Å². The van der Waals surface area contributed by atoms with Crippen LogP contribution in [0.1, 0.15) is 111 Å². The summed E-state index contributed by atoms with van der Waals surface area (Å²) in [5.74, 6) is -6.25. The predicted octanol–water partition coefficient (Wildman–Crippen LogP) is -6.53. The van der Waals surface area contributed by atoms with Crippen molar-refractivity contribution in [2.45, 2.75) is 184 Å². The number of ether oxygens (including phenoxy) is 3. The van der Waals surface area contributed by atoms with Crippen LogP contribution < -0.4 is 106 Å². The Morgan fingerprint density at radius 3 is 1.07 bits per heavy atom. The highest BCUT2D eigenvalue weighted by atomic mass is 31.2. The molecule has 4 rings (SSSR count). The molecule has 4 aliphatic rings. The summed E-state index contributed by atoms with van der Waals surface area (Å²) >= 11 is 0. The fraction of sp³-hybridized carbons (Fsp3) is 0.812. The summed E-state index contributed by atoms with van der Waals surface area (Å²) in [5, 5.41) is 19.7. The minimum Gasteiger partial charge on any atom is -0.370 e. The van der Waals surface area contributed by atoms with Gasteiger partial charge in [0.05, 0.1) is 74.8 Å². The highest BCUT2D eigenvalue weighted by Gasteiger charge is 2.46. The summed E-state index contributed by atoms with van der Waals surface area (Å²) in [4.78, 5) is 129. The quantitative estimate of drug-likeness (QED) is 0.0117. The number of amides is 6. The topological polar surface area (TPSA) is 719 Å². The molecule has 0 aliphatic carbocycles. The number of piperazine rings is 1. The molecular formula is C69H141N32O16P3. The van der Waals surface area contributed by atoms with E-state index in [4.69, 9.17) is 96.6 Å². The standard InChI is InChI=1S/C69H141N32O16P3/c1-45-35-97(10)38-48(115-45)41-112-118(109,44-82-4)100-36-46(2)116-49(39-100)42-114-120(111,96(8)9)101-37-47(3)117-50(40-101)43-113-119(110,95(6)7)99-33-31-98(32-34-99)58(103)24-23-57(102)51(17-11-25-84-64(70)71)90-60(105)53(19-13-27-86-66(74)75)92-62(107)55(21-15-29-88-68(78)79)94-63(108)56(22-16-30-89-69(80)81)93-61(106)54(20-14-28-87-67(76)77)91-59(104)52(83-5)18-12-26-85-65(72)73/h45-56,82-83H,11-44H2,1-10H3,(H,90,105)(H,91,104)(H,92,107)(H,93,106)(H,94,108)(H4,70,71,84)(H4,72,73,85)(H4,74,75,86)(H4,76,77,87)(H4,78,79,88)(H4,80,81,89). The van der Waals surface area contributed by atoms with Crippen LogP contribution in [0.2, 0.25) is 0 Å². The van der Waals surface area contributed by atoms with Crippen LogP contribution in [0.5, 0.6) is 0 Å². The molecule has 4 fully saturated rings. The maximum Gasteiger partial charge on any atom is 0.345 e. The third-order valence-electron chi connectivity index (χ3n) is 19.7. The second-order valence-corrected chi connectivity index (χ2v) is 38.1. The van der Waals surface area contributed by atoms with Crippen molar-refractivity contribution in [2.75, 3.05) is 180 Å². The predicted molar refractivity (Wildman–Crippen MR) is 460 cm³/mol. The molecular weight excluding hydrogens is 1630 g/mol. The Morgan fingerprint density at radius 2 is 0.717 bits per heavy atom. The number of Topliss-reactive ketones (excluding diaryl/α,β-unsaturated/α-hetero) is 1. The summed E-state index contributed by atoms with van der Waals surface area (Å²) in [5.41, 5.74) is 67.2. The third kappa shape index (κ3) is 37.5. The van der Waals surface area contributed by atoms with Crippen LogP contribution in [0.4, 0.5) is 0 Å². The van der Waals surface area contributed by atoms with Crippen LogP contribution in [-0.2, 0) is 75.0 Å². The van der Waals surface area contributed by atoms with Crippen molar-refractivity contribution in [1.29, 1.82) is 0 Å². The van der Waals surface area contributed by atoms with Crippen molar-refractivity contribution >= 4 is 99.8 Å². The molecule has 15 unspecified atom stereocenters. The third-order valence-corrected chi connectivity index (χ3v) is 27.3. The van der Waals surface area contributed by atoms with Crippen molar-refractivity contribution in [3.63, 3.8) is 0 Å². The summed E-state index contributed by atoms with van der Waals surface area (Å²) in [6.45, 7) is 8.43. The molecule has 4 saturated heterocycles. The number of carbonyl (C=O) groups excluding carboxylic acids is 7. The molecule has 0 saturated carbocycles. The first kappa shape index (κ1) is 105. The average molecular weight is 1770 g/mol. The number of guanidine groups is 6. The van der Waals surface area contributed by atoms with Crippen LogP contribution in [-0.4, -0.2) is 363 Å². The molecule has 6 amide bonds. The lowest BCUT2D eigenvalue weighted by molar-refractivity contribution is -0.136. The van der Waals surface area contributed by atoms with Crippen LogP contribution in [0.15, 0.2) is 30.0 Å². The zero-order valence-corrected chi connectivity index (χ0v) is 74.3. The molecule has 0 spiro atoms. The molecule has 0 aromatic carbocycles. The van der Waals surface area contributed by atoms with E-state index >= 15 is 9.13 Å². The minimum atomic E-state index is -3.83. The van der Waals surface area contributed by atoms with Gasteiger partial charge >= 0.3 is 15.3 Å². The van der Waals surface area contributed by atoms with Gasteiger partial charge in [0.2, 0.25) is 35.4 Å². The molecule has 48 nitrogen and oxygen atoms in total. The summed E-state index contributed by atoms with van der Waals surface area (Å²) in [7, 11) is 0.695. The van der Waals surface area contributed by atoms with Crippen molar-refractivity contribution in [3.8, 4) is 0 Å². The van der Waals surface area contributed by atoms with Gasteiger partial charge < -0.3 is 144 Å². The Bertz CT molecular complexity index is 3550. The van der Waals surface area contributed by atoms with Gasteiger partial charge in [-0.2, -0.15) is 0 Å². The fourth-order valence-corrected chi connectivity index (χ4v) is 20.1. The number of nitrogens with two attached hydrogens (primary N) is 12. The minimum absolute atomic E-state index is 0.00677. The highest BCUT2D eigenvalue weighted by Crippen LogP contribution is 2.56. The average Bonchev–Trinajstić information content (AvgIpc) is 0.783. The smallest absolute Gasteiger partial charge is 0.345 e. The second kappa shape index (κ2) is 53.3. The molecule has 0 aromatic heterocycles. The van der Waals surface area contributed by atoms with E-state index in [1.807, 2.05) is 27.8 Å². The van der Waals surface area contributed by atoms with E-state index in [9.17, 15) is 38.1 Å². The number of morpholine rings is 3. The van der Waals surface area contributed by atoms with Crippen molar-refractivity contribution in [3.05, 3.63) is 0 Å². The maximum atomic E-state index is 15.2. The number of aliphatic imine (C=N–C) groups is 6. The lowest BCUT2D eigenvalue weighted by Crippen LogP contribution is -2.59. The maximum absolute atomic E-state index is 15.2. The molecule has 4 heterocycles. The van der Waals surface area contributed by atoms with Gasteiger partial charge in [-0.25, -0.2) is 23.4 Å². The number of nitrogens with zero attached hydrogens (tertiary/aromatic N) is 13. The van der Waals surface area contributed by atoms with Crippen molar-refractivity contribution in [2.24, 2.45) is 98.8 Å². The van der Waals surface area contributed by atoms with Gasteiger partial charge in [-0.3, -0.25) is 77.2 Å². The van der Waals surface area contributed by atoms with Gasteiger partial charge in [0.25, 0.3) is 7.52 Å². The molecule has 0 aromatic rings. The molecule has 120 heavy (non-hydrogen) atoms. The van der Waals surface area contributed by atoms with E-state index in [0.29, 0.717) is 19.5 Å². The summed E-state index contributed by atoms with van der Waals surface area (Å²) in [6, 6.07) is -7.67. The van der Waals surface area contributed by atoms with E-state index in [2.05, 4.69) is 72.1 Å². The molecule has 688 valence electrons. The molecule has 0 bridgehead atoms. The van der Waals surface area contributed by atoms with Crippen LogP contribution >= 0.6 is 22.9 Å². The van der Waals surface area contributed by atoms with Crippen molar-refractivity contribution in [1.82, 2.24) is 70.4 Å². The van der Waals surface area contributed by atoms with E-state index in [1.165, 1.54) is 14.2 Å². The number of nitrogens with one attached hydrogen (secondary N) is 7. The second-order valence-electron chi connectivity index (χ2n) is 30.5. The number of rotatable bonds is 55. The van der Waals surface area contributed by atoms with E-state index < -0.39 is 119 Å². The van der Waals surface area contributed by atoms with Crippen LogP contribution in [0, 0.1) is 0 Å². The summed E-state index contributed by atoms with van der Waals surface area (Å²) < 4.78 is 90.8. The Balaban J connectivity index is 1.51. The fourth-order valence-electron chi connectivity index (χ4n) is 13.9. The largest absolute Gasteiger partial charge is 0.370 e. The number of hydrogen-bond acceptors (Lipinski definition) is 25. The van der Waals surface area contributed by atoms with Crippen LogP contribution in [0.25, 0.3) is 0 Å². The Morgan fingerprint density at radius 1 is 0.408 bits per heavy atom. The first-order chi connectivity index (χ1) is 56.6. The highest BCUT2D eigenvalue weighted by molar-refractivity contribution is 7.56. The zero-order valence-electron chi connectivity index (χ0n) is 71.6. The Kier molecular flexibility index (Phi) is 46.5. The monoisotopic (exact) mass is 1770 g/mol. The number of carbonyl (C=O) groups is 7. The van der Waals surface area contributed by atoms with E-state index in [0.717, 1.165) is 6.54 Å². The van der Waals surface area contributed by atoms with Gasteiger partial charge in [0.15, 0.2) is 41.5 Å². The first-order valence-electron chi connectivity index (χ1n) is 40.6. The number of ketones is 1. The Labute approximate surface area is 704 Å². The zero-order chi connectivity index (χ0) is 89.5. The van der Waals surface area contributed by atoms with E-state index in [-0.39, 0.29) is 249 Å². The van der Waals surface area contributed by atoms with E-state index in [1.54, 1.807) is 56.3 Å². The molecule has 0 radical (unpaired) electrons. The lowest BCUT2D eigenvalue weighted by Gasteiger charge is -2.44. The summed E-state index contributed by atoms with van der Waals surface area (Å²) in [6.07, 6.45) is -2.18.